The molecule has 0 aliphatic heterocycles. The van der Waals surface area contributed by atoms with Crippen molar-refractivity contribution in [2.75, 3.05) is 0 Å². The van der Waals surface area contributed by atoms with Crippen LogP contribution in [0.2, 0.25) is 0 Å². The average molecular weight is 223 g/mol. The highest BCUT2D eigenvalue weighted by atomic mass is 16.4. The Morgan fingerprint density at radius 2 is 1.88 bits per heavy atom. The molecule has 4 N–H and O–H groups in total. The number of aliphatic hydroxyl groups excluding tert-OH is 1. The van der Waals surface area contributed by atoms with Gasteiger partial charge in [-0.15, -0.1) is 0 Å². The van der Waals surface area contributed by atoms with Crippen LogP contribution in [-0.4, -0.2) is 28.3 Å². The molecule has 2 atom stereocenters. The number of aromatic carboxylic acids is 1. The quantitative estimate of drug-likeness (QED) is 0.669. The van der Waals surface area contributed by atoms with E-state index in [1.807, 2.05) is 0 Å². The van der Waals surface area contributed by atoms with E-state index in [0.29, 0.717) is 5.56 Å². The minimum atomic E-state index is -0.879. The molecule has 16 heavy (non-hydrogen) atoms. The molecule has 88 valence electrons. The summed E-state index contributed by atoms with van der Waals surface area (Å²) >= 11 is 0. The number of hydrogen-bond acceptors (Lipinski definition) is 3. The molecule has 0 bridgehead atoms. The van der Waals surface area contributed by atoms with Crippen LogP contribution in [0, 0.1) is 0 Å². The van der Waals surface area contributed by atoms with Crippen LogP contribution in [0.4, 0.5) is 0 Å². The van der Waals surface area contributed by atoms with E-state index in [1.165, 1.54) is 0 Å². The Bertz CT molecular complexity index is 318. The van der Waals surface area contributed by atoms with Gasteiger partial charge in [0.2, 0.25) is 0 Å². The fourth-order valence-corrected chi connectivity index (χ4v) is 1.57. The first-order chi connectivity index (χ1) is 7.59. The van der Waals surface area contributed by atoms with Crippen molar-refractivity contribution in [2.24, 2.45) is 5.73 Å². The minimum absolute atomic E-state index is 0.102. The van der Waals surface area contributed by atoms with E-state index in [0.717, 1.165) is 19.3 Å². The van der Waals surface area contributed by atoms with Crippen LogP contribution in [0.15, 0.2) is 30.3 Å². The number of nitrogens with two attached hydrogens (primary N) is 1. The Labute approximate surface area is 94.7 Å². The second kappa shape index (κ2) is 6.25. The van der Waals surface area contributed by atoms with Gasteiger partial charge < -0.3 is 15.9 Å². The van der Waals surface area contributed by atoms with Crippen LogP contribution in [-0.2, 0) is 0 Å². The summed E-state index contributed by atoms with van der Waals surface area (Å²) in [5.41, 5.74) is 5.80. The molecule has 1 aliphatic carbocycles. The van der Waals surface area contributed by atoms with Gasteiger partial charge in [-0.2, -0.15) is 0 Å². The largest absolute Gasteiger partial charge is 0.478 e. The first kappa shape index (κ1) is 12.7. The van der Waals surface area contributed by atoms with E-state index in [1.54, 1.807) is 30.3 Å². The van der Waals surface area contributed by atoms with E-state index >= 15 is 0 Å². The number of carbonyl (C=O) groups is 1. The van der Waals surface area contributed by atoms with Crippen LogP contribution in [0.5, 0.6) is 0 Å². The number of hydrogen-bond donors (Lipinski definition) is 3. The Kier molecular flexibility index (Phi) is 4.95. The average Bonchev–Trinajstić information content (AvgIpc) is 2.65. The summed E-state index contributed by atoms with van der Waals surface area (Å²) in [5.74, 6) is -0.879. The van der Waals surface area contributed by atoms with Gasteiger partial charge >= 0.3 is 5.97 Å². The fraction of sp³-hybridized carbons (Fsp3) is 0.417. The molecular weight excluding hydrogens is 206 g/mol. The highest BCUT2D eigenvalue weighted by Gasteiger charge is 2.18. The summed E-state index contributed by atoms with van der Waals surface area (Å²) in [6, 6.07) is 8.57. The number of rotatable bonds is 1. The van der Waals surface area contributed by atoms with Crippen molar-refractivity contribution in [3.8, 4) is 0 Å². The third-order valence-electron chi connectivity index (χ3n) is 2.47. The number of benzene rings is 1. The molecule has 1 aromatic rings. The smallest absolute Gasteiger partial charge is 0.335 e. The van der Waals surface area contributed by atoms with Crippen molar-refractivity contribution in [2.45, 2.75) is 31.4 Å². The van der Waals surface area contributed by atoms with Crippen LogP contribution in [0.1, 0.15) is 29.6 Å². The standard InChI is InChI=1S/C7H6O2.C5H11NO/c8-7(9)6-4-2-1-3-5-6;6-4-1-2-5(7)3-4/h1-5H,(H,8,9);4-5,7H,1-3,6H2. The van der Waals surface area contributed by atoms with Crippen LogP contribution in [0.25, 0.3) is 0 Å². The highest BCUT2D eigenvalue weighted by Crippen LogP contribution is 2.15. The number of carboxylic acid groups (broad SMARTS) is 1. The van der Waals surface area contributed by atoms with Gasteiger partial charge in [-0.05, 0) is 31.4 Å². The van der Waals surface area contributed by atoms with Crippen molar-refractivity contribution in [3.05, 3.63) is 35.9 Å². The molecule has 2 unspecified atom stereocenters. The molecule has 4 heteroatoms. The molecule has 1 aliphatic rings. The topological polar surface area (TPSA) is 83.5 Å². The molecule has 0 saturated heterocycles. The summed E-state index contributed by atoms with van der Waals surface area (Å²) in [4.78, 5) is 10.2. The van der Waals surface area contributed by atoms with Gasteiger partial charge in [0.05, 0.1) is 11.7 Å². The van der Waals surface area contributed by atoms with Gasteiger partial charge in [0, 0.05) is 6.04 Å². The predicted molar refractivity (Wildman–Crippen MR) is 61.2 cm³/mol. The van der Waals surface area contributed by atoms with Gasteiger partial charge in [-0.25, -0.2) is 4.79 Å². The zero-order valence-electron chi connectivity index (χ0n) is 9.04. The van der Waals surface area contributed by atoms with E-state index in [9.17, 15) is 4.79 Å². The van der Waals surface area contributed by atoms with Crippen molar-refractivity contribution < 1.29 is 15.0 Å². The molecule has 2 rings (SSSR count). The van der Waals surface area contributed by atoms with Gasteiger partial charge in [-0.1, -0.05) is 18.2 Å². The lowest BCUT2D eigenvalue weighted by atomic mass is 10.2. The van der Waals surface area contributed by atoms with Crippen LogP contribution >= 0.6 is 0 Å². The predicted octanol–water partition coefficient (Wildman–Crippen LogP) is 1.24. The first-order valence-corrected chi connectivity index (χ1v) is 5.31. The Morgan fingerprint density at radius 1 is 1.25 bits per heavy atom. The molecule has 1 fully saturated rings. The third-order valence-corrected chi connectivity index (χ3v) is 2.47. The molecule has 0 aromatic heterocycles. The second-order valence-electron chi connectivity index (χ2n) is 3.90. The summed E-state index contributed by atoms with van der Waals surface area (Å²) in [6.07, 6.45) is 2.61. The first-order valence-electron chi connectivity index (χ1n) is 5.31. The third kappa shape index (κ3) is 4.42. The molecule has 0 amide bonds. The van der Waals surface area contributed by atoms with Gasteiger partial charge in [0.25, 0.3) is 0 Å². The van der Waals surface area contributed by atoms with Gasteiger partial charge in [-0.3, -0.25) is 0 Å². The summed E-state index contributed by atoms with van der Waals surface area (Å²) in [6.45, 7) is 0. The zero-order valence-corrected chi connectivity index (χ0v) is 9.04. The molecule has 0 heterocycles. The Hall–Kier alpha value is -1.39. The molecule has 0 spiro atoms. The van der Waals surface area contributed by atoms with Crippen molar-refractivity contribution in [1.82, 2.24) is 0 Å². The summed E-state index contributed by atoms with van der Waals surface area (Å²) < 4.78 is 0. The van der Waals surface area contributed by atoms with Gasteiger partial charge in [0.15, 0.2) is 0 Å². The fourth-order valence-electron chi connectivity index (χ4n) is 1.57. The minimum Gasteiger partial charge on any atom is -0.478 e. The Balaban J connectivity index is 0.000000165. The summed E-state index contributed by atoms with van der Waals surface area (Å²) in [5, 5.41) is 17.2. The molecule has 0 radical (unpaired) electrons. The normalized spacial score (nSPS) is 23.4. The molecule has 4 nitrogen and oxygen atoms in total. The van der Waals surface area contributed by atoms with Crippen molar-refractivity contribution in [3.63, 3.8) is 0 Å². The monoisotopic (exact) mass is 223 g/mol. The van der Waals surface area contributed by atoms with Crippen molar-refractivity contribution >= 4 is 5.97 Å². The molecule has 1 aromatic carbocycles. The second-order valence-corrected chi connectivity index (χ2v) is 3.90. The molecule has 1 saturated carbocycles. The van der Waals surface area contributed by atoms with E-state index < -0.39 is 5.97 Å². The highest BCUT2D eigenvalue weighted by molar-refractivity contribution is 5.87. The van der Waals surface area contributed by atoms with E-state index in [-0.39, 0.29) is 12.1 Å². The van der Waals surface area contributed by atoms with Crippen molar-refractivity contribution in [1.29, 1.82) is 0 Å². The number of carboxylic acids is 1. The number of aliphatic hydroxyl groups is 1. The molecular formula is C12H17NO3. The maximum Gasteiger partial charge on any atom is 0.335 e. The lowest BCUT2D eigenvalue weighted by Gasteiger charge is -1.96. The lowest BCUT2D eigenvalue weighted by Crippen LogP contribution is -2.15. The van der Waals surface area contributed by atoms with E-state index in [2.05, 4.69) is 0 Å². The summed E-state index contributed by atoms with van der Waals surface area (Å²) in [7, 11) is 0. The van der Waals surface area contributed by atoms with Crippen LogP contribution < -0.4 is 5.73 Å². The van der Waals surface area contributed by atoms with Crippen LogP contribution in [0.3, 0.4) is 0 Å². The van der Waals surface area contributed by atoms with Gasteiger partial charge in [0.1, 0.15) is 0 Å². The maximum absolute atomic E-state index is 10.2. The lowest BCUT2D eigenvalue weighted by molar-refractivity contribution is 0.0697. The maximum atomic E-state index is 10.2. The van der Waals surface area contributed by atoms with E-state index in [4.69, 9.17) is 15.9 Å². The Morgan fingerprint density at radius 3 is 2.12 bits per heavy atom. The SMILES string of the molecule is NC1CCC(O)C1.O=C(O)c1ccccc1. The zero-order chi connectivity index (χ0) is 12.0.